The highest BCUT2D eigenvalue weighted by atomic mass is 32.2. The molecule has 0 saturated heterocycles. The fourth-order valence-electron chi connectivity index (χ4n) is 3.54. The van der Waals surface area contributed by atoms with Crippen LogP contribution in [0.2, 0.25) is 0 Å². The topological polar surface area (TPSA) is 59.3 Å². The number of thioether (sulfide) groups is 1. The molecule has 0 spiro atoms. The van der Waals surface area contributed by atoms with Crippen molar-refractivity contribution < 1.29 is 26.3 Å². The first kappa shape index (κ1) is 20.8. The van der Waals surface area contributed by atoms with Crippen LogP contribution in [0.5, 0.6) is 0 Å². The third-order valence-corrected chi connectivity index (χ3v) is 5.98. The molecule has 0 saturated carbocycles. The Morgan fingerprint density at radius 2 is 1.67 bits per heavy atom. The molecule has 1 aromatic carbocycles. The van der Waals surface area contributed by atoms with Crippen LogP contribution < -0.4 is 10.9 Å². The van der Waals surface area contributed by atoms with Gasteiger partial charge in [0.1, 0.15) is 17.2 Å². The van der Waals surface area contributed by atoms with Gasteiger partial charge in [0.15, 0.2) is 5.16 Å². The lowest BCUT2D eigenvalue weighted by atomic mass is 9.87. The molecule has 0 aliphatic carbocycles. The normalized spacial score (nSPS) is 19.5. The number of amidine groups is 1. The second-order valence-electron chi connectivity index (χ2n) is 7.53. The molecule has 0 unspecified atom stereocenters. The number of anilines is 1. The largest absolute Gasteiger partial charge is 0.427 e. The standard InChI is InChI=1S/C18H14F6N4OS/c1-15(2)8-28-12-10(13(29)26-14(28)30-15)16(17(19,20)21,18(22,23)24)27-11(25-12)9-6-4-3-5-7-9/h3-7H,8H2,1-2H3,(H,25,27). The summed E-state index contributed by atoms with van der Waals surface area (Å²) in [6.45, 7) is 3.56. The van der Waals surface area contributed by atoms with Crippen molar-refractivity contribution >= 4 is 23.4 Å². The average Bonchev–Trinajstić information content (AvgIpc) is 2.93. The minimum absolute atomic E-state index is 0.0181. The summed E-state index contributed by atoms with van der Waals surface area (Å²) in [7, 11) is 0. The molecule has 2 aliphatic rings. The highest BCUT2D eigenvalue weighted by Crippen LogP contribution is 2.56. The van der Waals surface area contributed by atoms with E-state index in [2.05, 4.69) is 15.3 Å². The van der Waals surface area contributed by atoms with Crippen molar-refractivity contribution in [1.29, 1.82) is 0 Å². The summed E-state index contributed by atoms with van der Waals surface area (Å²) >= 11 is 1.10. The van der Waals surface area contributed by atoms with Crippen LogP contribution in [0.15, 0.2) is 45.3 Å². The monoisotopic (exact) mass is 448 g/mol. The fraction of sp³-hybridized carbons (Fsp3) is 0.389. The molecule has 2 aromatic rings. The van der Waals surface area contributed by atoms with Gasteiger partial charge in [0, 0.05) is 16.9 Å². The number of fused-ring (bicyclic) bond motifs is 3. The van der Waals surface area contributed by atoms with E-state index in [-0.39, 0.29) is 17.3 Å². The number of aromatic nitrogens is 2. The lowest BCUT2D eigenvalue weighted by Gasteiger charge is -2.38. The molecule has 1 aromatic heterocycles. The SMILES string of the molecule is CC1(C)Cn2c(nc(=O)c3c2NC(c2ccccc2)=NC3(C(F)(F)F)C(F)(F)F)S1. The minimum Gasteiger partial charge on any atom is -0.326 e. The zero-order chi connectivity index (χ0) is 22.1. The van der Waals surface area contributed by atoms with Crippen molar-refractivity contribution in [3.63, 3.8) is 0 Å². The Hall–Kier alpha value is -2.50. The summed E-state index contributed by atoms with van der Waals surface area (Å²) in [5.74, 6) is -1.22. The number of hydrogen-bond donors (Lipinski definition) is 1. The second kappa shape index (κ2) is 6.25. The molecule has 2 aliphatic heterocycles. The molecule has 0 bridgehead atoms. The van der Waals surface area contributed by atoms with Gasteiger partial charge < -0.3 is 9.88 Å². The van der Waals surface area contributed by atoms with Crippen LogP contribution >= 0.6 is 11.8 Å². The Labute approximate surface area is 170 Å². The summed E-state index contributed by atoms with van der Waals surface area (Å²) in [6.07, 6.45) is -11.9. The molecule has 0 amide bonds. The fourth-order valence-corrected chi connectivity index (χ4v) is 4.63. The van der Waals surface area contributed by atoms with Crippen molar-refractivity contribution in [2.75, 3.05) is 5.32 Å². The summed E-state index contributed by atoms with van der Waals surface area (Å²) in [5, 5.41) is 2.60. The summed E-state index contributed by atoms with van der Waals surface area (Å²) in [5.41, 5.74) is -7.90. The Morgan fingerprint density at radius 3 is 2.23 bits per heavy atom. The van der Waals surface area contributed by atoms with Crippen LogP contribution in [0.25, 0.3) is 0 Å². The summed E-state index contributed by atoms with van der Waals surface area (Å²) in [6, 6.07) is 7.14. The number of halogens is 6. The maximum atomic E-state index is 14.1. The Kier molecular flexibility index (Phi) is 4.33. The van der Waals surface area contributed by atoms with Crippen LogP contribution in [0.4, 0.5) is 32.2 Å². The second-order valence-corrected chi connectivity index (χ2v) is 9.20. The van der Waals surface area contributed by atoms with E-state index in [1.54, 1.807) is 19.9 Å². The van der Waals surface area contributed by atoms with Crippen molar-refractivity contribution in [3.8, 4) is 0 Å². The van der Waals surface area contributed by atoms with E-state index in [1.807, 2.05) is 0 Å². The van der Waals surface area contributed by atoms with Crippen LogP contribution in [0, 0.1) is 0 Å². The van der Waals surface area contributed by atoms with Gasteiger partial charge in [-0.15, -0.1) is 0 Å². The molecular weight excluding hydrogens is 434 g/mol. The number of nitrogens with one attached hydrogen (secondary N) is 1. The molecule has 0 fully saturated rings. The van der Waals surface area contributed by atoms with Gasteiger partial charge in [-0.25, -0.2) is 4.99 Å². The molecule has 0 radical (unpaired) electrons. The smallest absolute Gasteiger partial charge is 0.326 e. The predicted molar refractivity (Wildman–Crippen MR) is 98.8 cm³/mol. The number of benzene rings is 1. The number of nitrogens with zero attached hydrogens (tertiary/aromatic N) is 3. The zero-order valence-corrected chi connectivity index (χ0v) is 16.3. The first-order chi connectivity index (χ1) is 13.8. The highest BCUT2D eigenvalue weighted by Gasteiger charge is 2.75. The zero-order valence-electron chi connectivity index (χ0n) is 15.5. The van der Waals surface area contributed by atoms with E-state index in [4.69, 9.17) is 0 Å². The number of hydrogen-bond acceptors (Lipinski definition) is 5. The molecule has 160 valence electrons. The number of rotatable bonds is 1. The molecule has 3 heterocycles. The van der Waals surface area contributed by atoms with E-state index >= 15 is 0 Å². The van der Waals surface area contributed by atoms with E-state index in [1.165, 1.54) is 28.8 Å². The van der Waals surface area contributed by atoms with Crippen molar-refractivity contribution in [2.24, 2.45) is 4.99 Å². The quantitative estimate of drug-likeness (QED) is 0.522. The Balaban J connectivity index is 2.11. The van der Waals surface area contributed by atoms with Gasteiger partial charge in [-0.05, 0) is 13.8 Å². The van der Waals surface area contributed by atoms with Crippen molar-refractivity contribution in [3.05, 3.63) is 51.8 Å². The molecule has 0 atom stereocenters. The van der Waals surface area contributed by atoms with Crippen molar-refractivity contribution in [1.82, 2.24) is 9.55 Å². The van der Waals surface area contributed by atoms with Crippen LogP contribution in [-0.2, 0) is 12.1 Å². The molecule has 1 N–H and O–H groups in total. The van der Waals surface area contributed by atoms with Gasteiger partial charge >= 0.3 is 12.4 Å². The molecular formula is C18H14F6N4OS. The van der Waals surface area contributed by atoms with E-state index in [9.17, 15) is 31.1 Å². The lowest BCUT2D eigenvalue weighted by Crippen LogP contribution is -2.58. The van der Waals surface area contributed by atoms with Crippen molar-refractivity contribution in [2.45, 2.75) is 48.2 Å². The van der Waals surface area contributed by atoms with Gasteiger partial charge in [0.25, 0.3) is 11.1 Å². The van der Waals surface area contributed by atoms with Gasteiger partial charge in [-0.2, -0.15) is 31.3 Å². The molecule has 30 heavy (non-hydrogen) atoms. The predicted octanol–water partition coefficient (Wildman–Crippen LogP) is 4.32. The maximum Gasteiger partial charge on any atom is 0.427 e. The molecule has 5 nitrogen and oxygen atoms in total. The Bertz CT molecular complexity index is 1090. The van der Waals surface area contributed by atoms with E-state index in [0.717, 1.165) is 11.8 Å². The third kappa shape index (κ3) is 2.91. The highest BCUT2D eigenvalue weighted by molar-refractivity contribution is 8.00. The molecule has 4 rings (SSSR count). The number of alkyl halides is 6. The van der Waals surface area contributed by atoms with Gasteiger partial charge in [0.2, 0.25) is 0 Å². The Morgan fingerprint density at radius 1 is 1.07 bits per heavy atom. The van der Waals surface area contributed by atoms with Gasteiger partial charge in [-0.1, -0.05) is 42.1 Å². The summed E-state index contributed by atoms with van der Waals surface area (Å²) in [4.78, 5) is 19.2. The summed E-state index contributed by atoms with van der Waals surface area (Å²) < 4.78 is 85.3. The average molecular weight is 448 g/mol. The van der Waals surface area contributed by atoms with Crippen LogP contribution in [-0.4, -0.2) is 32.5 Å². The van der Waals surface area contributed by atoms with Gasteiger partial charge in [0.05, 0.1) is 0 Å². The lowest BCUT2D eigenvalue weighted by molar-refractivity contribution is -0.301. The van der Waals surface area contributed by atoms with E-state index in [0.29, 0.717) is 0 Å². The minimum atomic E-state index is -5.93. The first-order valence-corrected chi connectivity index (χ1v) is 9.48. The number of aliphatic imine (C=N–C) groups is 1. The third-order valence-electron chi connectivity index (χ3n) is 4.80. The van der Waals surface area contributed by atoms with E-state index < -0.39 is 45.4 Å². The van der Waals surface area contributed by atoms with Crippen LogP contribution in [0.1, 0.15) is 25.0 Å². The van der Waals surface area contributed by atoms with Gasteiger partial charge in [-0.3, -0.25) is 4.79 Å². The molecule has 12 heteroatoms. The maximum absolute atomic E-state index is 14.1. The van der Waals surface area contributed by atoms with Crippen LogP contribution in [0.3, 0.4) is 0 Å². The first-order valence-electron chi connectivity index (χ1n) is 8.67.